The van der Waals surface area contributed by atoms with Crippen LogP contribution in [0.4, 0.5) is 0 Å². The van der Waals surface area contributed by atoms with E-state index in [1.165, 1.54) is 11.3 Å². The van der Waals surface area contributed by atoms with Crippen LogP contribution in [-0.4, -0.2) is 38.1 Å². The number of H-pyrrole nitrogens is 2. The van der Waals surface area contributed by atoms with Crippen molar-refractivity contribution < 1.29 is 5.11 Å². The summed E-state index contributed by atoms with van der Waals surface area (Å²) in [6.45, 7) is 2.00. The Morgan fingerprint density at radius 3 is 2.81 bits per heavy atom. The Morgan fingerprint density at radius 2 is 1.96 bits per heavy atom. The van der Waals surface area contributed by atoms with Crippen LogP contribution in [-0.2, 0) is 0 Å². The van der Waals surface area contributed by atoms with Crippen LogP contribution in [0.25, 0.3) is 32.8 Å². The van der Waals surface area contributed by atoms with Crippen molar-refractivity contribution in [2.24, 2.45) is 0 Å². The second kappa shape index (κ2) is 5.93. The van der Waals surface area contributed by atoms with Crippen LogP contribution < -0.4 is 10.9 Å². The highest BCUT2D eigenvalue weighted by atomic mass is 32.1. The number of fused-ring (bicyclic) bond motifs is 2. The number of hydrogen-bond donors (Lipinski definition) is 4. The third-order valence-corrected chi connectivity index (χ3v) is 5.80. The molecule has 7 nitrogen and oxygen atoms in total. The highest BCUT2D eigenvalue weighted by Crippen LogP contribution is 2.33. The number of aromatic amines is 2. The first kappa shape index (κ1) is 15.5. The Morgan fingerprint density at radius 1 is 1.12 bits per heavy atom. The van der Waals surface area contributed by atoms with Gasteiger partial charge in [0.05, 0.1) is 10.9 Å². The average molecular weight is 367 g/mol. The molecular weight excluding hydrogens is 350 g/mol. The molecule has 8 heteroatoms. The van der Waals surface area contributed by atoms with Gasteiger partial charge in [-0.25, -0.2) is 9.97 Å². The summed E-state index contributed by atoms with van der Waals surface area (Å²) in [6.07, 6.45) is 2.12. The minimum absolute atomic E-state index is 0.0531. The number of pyridine rings is 2. The molecule has 0 unspecified atom stereocenters. The zero-order chi connectivity index (χ0) is 17.7. The van der Waals surface area contributed by atoms with Crippen molar-refractivity contribution in [3.8, 4) is 17.1 Å². The first-order valence-corrected chi connectivity index (χ1v) is 9.49. The minimum atomic E-state index is -0.366. The summed E-state index contributed by atoms with van der Waals surface area (Å²) in [7, 11) is 0. The number of thiophene rings is 1. The second-order valence-corrected chi connectivity index (χ2v) is 7.47. The van der Waals surface area contributed by atoms with E-state index >= 15 is 0 Å². The van der Waals surface area contributed by atoms with Gasteiger partial charge in [0.25, 0.3) is 5.56 Å². The third kappa shape index (κ3) is 2.41. The molecule has 4 aromatic heterocycles. The molecule has 5 heterocycles. The van der Waals surface area contributed by atoms with Gasteiger partial charge in [-0.1, -0.05) is 0 Å². The Kier molecular flexibility index (Phi) is 3.54. The lowest BCUT2D eigenvalue weighted by Gasteiger charge is -2.21. The largest absolute Gasteiger partial charge is 0.506 e. The predicted molar refractivity (Wildman–Crippen MR) is 102 cm³/mol. The molecule has 0 amide bonds. The average Bonchev–Trinajstić information content (AvgIpc) is 3.28. The second-order valence-electron chi connectivity index (χ2n) is 6.56. The van der Waals surface area contributed by atoms with Gasteiger partial charge < -0.3 is 20.4 Å². The molecule has 0 atom stereocenters. The molecule has 1 aliphatic heterocycles. The monoisotopic (exact) mass is 367 g/mol. The number of aromatic hydroxyl groups is 1. The lowest BCUT2D eigenvalue weighted by Crippen LogP contribution is -2.27. The van der Waals surface area contributed by atoms with Gasteiger partial charge in [-0.3, -0.25) is 4.79 Å². The molecule has 4 N–H and O–H groups in total. The Balaban J connectivity index is 1.63. The molecule has 132 valence electrons. The van der Waals surface area contributed by atoms with Crippen molar-refractivity contribution in [1.29, 1.82) is 0 Å². The van der Waals surface area contributed by atoms with Gasteiger partial charge in [0.2, 0.25) is 0 Å². The summed E-state index contributed by atoms with van der Waals surface area (Å²) < 4.78 is 0. The molecule has 1 aliphatic rings. The number of imidazole rings is 1. The van der Waals surface area contributed by atoms with Gasteiger partial charge in [0, 0.05) is 11.6 Å². The van der Waals surface area contributed by atoms with E-state index in [4.69, 9.17) is 4.98 Å². The van der Waals surface area contributed by atoms with Crippen LogP contribution in [0.5, 0.6) is 5.75 Å². The molecule has 4 aromatic rings. The van der Waals surface area contributed by atoms with Crippen LogP contribution in [0.3, 0.4) is 0 Å². The summed E-state index contributed by atoms with van der Waals surface area (Å²) >= 11 is 1.38. The fraction of sp³-hybridized carbons (Fsp3) is 0.278. The number of nitrogens with zero attached hydrogens (tertiary/aromatic N) is 2. The number of hydrogen-bond acceptors (Lipinski definition) is 6. The standard InChI is InChI=1S/C18H17N5O2S/c24-14-10-5-8-26-18(10)23-17(25)13(14)16-21-12-2-1-11(20-15(12)22-16)9-3-6-19-7-4-9/h1-2,5,8-9,19H,3-4,6-7H2,(H,20,21,22)(H2,23,24,25). The van der Waals surface area contributed by atoms with Gasteiger partial charge in [-0.2, -0.15) is 0 Å². The molecule has 0 aliphatic carbocycles. The van der Waals surface area contributed by atoms with Gasteiger partial charge in [-0.15, -0.1) is 11.3 Å². The topological polar surface area (TPSA) is 107 Å². The van der Waals surface area contributed by atoms with Crippen molar-refractivity contribution in [3.05, 3.63) is 39.6 Å². The smallest absolute Gasteiger partial charge is 0.263 e. The number of nitrogens with one attached hydrogen (secondary N) is 3. The first-order valence-electron chi connectivity index (χ1n) is 8.61. The van der Waals surface area contributed by atoms with Crippen LogP contribution in [0.1, 0.15) is 24.5 Å². The first-order chi connectivity index (χ1) is 12.7. The molecule has 0 spiro atoms. The van der Waals surface area contributed by atoms with Gasteiger partial charge in [-0.05, 0) is 49.5 Å². The van der Waals surface area contributed by atoms with Crippen LogP contribution in [0, 0.1) is 0 Å². The van der Waals surface area contributed by atoms with Gasteiger partial charge >= 0.3 is 0 Å². The highest BCUT2D eigenvalue weighted by molar-refractivity contribution is 7.16. The van der Waals surface area contributed by atoms with Crippen molar-refractivity contribution >= 4 is 32.7 Å². The maximum absolute atomic E-state index is 12.4. The van der Waals surface area contributed by atoms with Gasteiger partial charge in [0.1, 0.15) is 22.0 Å². The Labute approximate surface area is 152 Å². The Hall–Kier alpha value is -2.71. The maximum atomic E-state index is 12.4. The zero-order valence-electron chi connectivity index (χ0n) is 13.9. The van der Waals surface area contributed by atoms with Crippen LogP contribution in [0.2, 0.25) is 0 Å². The van der Waals surface area contributed by atoms with E-state index in [-0.39, 0.29) is 16.9 Å². The van der Waals surface area contributed by atoms with E-state index in [9.17, 15) is 9.90 Å². The SMILES string of the molecule is O=c1[nH]c2sccc2c(O)c1-c1nc2nc(C3CCNCC3)ccc2[nH]1. The highest BCUT2D eigenvalue weighted by Gasteiger charge is 2.20. The fourth-order valence-corrected chi connectivity index (χ4v) is 4.37. The lowest BCUT2D eigenvalue weighted by atomic mass is 9.94. The zero-order valence-corrected chi connectivity index (χ0v) is 14.7. The lowest BCUT2D eigenvalue weighted by molar-refractivity contribution is 0.454. The third-order valence-electron chi connectivity index (χ3n) is 4.97. The molecule has 5 rings (SSSR count). The molecule has 26 heavy (non-hydrogen) atoms. The Bertz CT molecular complexity index is 1170. The van der Waals surface area contributed by atoms with E-state index in [2.05, 4.69) is 20.3 Å². The maximum Gasteiger partial charge on any atom is 0.263 e. The summed E-state index contributed by atoms with van der Waals surface area (Å²) in [5.41, 5.74) is 2.14. The summed E-state index contributed by atoms with van der Waals surface area (Å²) in [5.74, 6) is 0.712. The number of piperidine rings is 1. The number of rotatable bonds is 2. The van der Waals surface area contributed by atoms with E-state index in [0.717, 1.165) is 37.1 Å². The van der Waals surface area contributed by atoms with E-state index in [1.54, 1.807) is 6.07 Å². The van der Waals surface area contributed by atoms with E-state index in [1.807, 2.05) is 17.5 Å². The van der Waals surface area contributed by atoms with E-state index in [0.29, 0.717) is 27.6 Å². The van der Waals surface area contributed by atoms with Gasteiger partial charge in [0.15, 0.2) is 5.65 Å². The van der Waals surface area contributed by atoms with Crippen LogP contribution in [0.15, 0.2) is 28.4 Å². The van der Waals surface area contributed by atoms with Crippen LogP contribution >= 0.6 is 11.3 Å². The predicted octanol–water partition coefficient (Wildman–Crippen LogP) is 2.70. The molecule has 0 saturated carbocycles. The molecule has 0 aromatic carbocycles. The number of aromatic nitrogens is 4. The van der Waals surface area contributed by atoms with Crippen molar-refractivity contribution in [3.63, 3.8) is 0 Å². The van der Waals surface area contributed by atoms with Crippen molar-refractivity contribution in [2.45, 2.75) is 18.8 Å². The van der Waals surface area contributed by atoms with Crippen molar-refractivity contribution in [2.75, 3.05) is 13.1 Å². The molecule has 1 fully saturated rings. The molecule has 0 bridgehead atoms. The fourth-order valence-electron chi connectivity index (χ4n) is 3.59. The molecular formula is C18H17N5O2S. The molecule has 0 radical (unpaired) electrons. The minimum Gasteiger partial charge on any atom is -0.506 e. The summed E-state index contributed by atoms with van der Waals surface area (Å²) in [6, 6.07) is 5.75. The molecule has 1 saturated heterocycles. The quantitative estimate of drug-likeness (QED) is 0.436. The summed E-state index contributed by atoms with van der Waals surface area (Å²) in [5, 5.41) is 16.4. The van der Waals surface area contributed by atoms with E-state index < -0.39 is 0 Å². The summed E-state index contributed by atoms with van der Waals surface area (Å²) in [4.78, 5) is 28.2. The normalized spacial score (nSPS) is 15.8. The van der Waals surface area contributed by atoms with Crippen molar-refractivity contribution in [1.82, 2.24) is 25.3 Å².